The maximum Gasteiger partial charge on any atom is 0.296 e. The predicted octanol–water partition coefficient (Wildman–Crippen LogP) is 2.06. The number of rotatable bonds is 3. The van der Waals surface area contributed by atoms with Crippen molar-refractivity contribution < 1.29 is 4.79 Å². The third kappa shape index (κ3) is 2.34. The molecule has 0 aliphatic heterocycles. The van der Waals surface area contributed by atoms with E-state index in [2.05, 4.69) is 15.3 Å². The molecule has 0 saturated heterocycles. The Hall–Kier alpha value is -3.41. The fourth-order valence-electron chi connectivity index (χ4n) is 2.61. The van der Waals surface area contributed by atoms with Crippen molar-refractivity contribution in [2.24, 2.45) is 0 Å². The molecule has 0 N–H and O–H groups in total. The Labute approximate surface area is 136 Å². The summed E-state index contributed by atoms with van der Waals surface area (Å²) < 4.78 is 1.20. The molecule has 0 radical (unpaired) electrons. The fraction of sp³-hybridized carbons (Fsp3) is 0.0556. The molecular formula is C18H12N4O2. The Balaban J connectivity index is 1.81. The summed E-state index contributed by atoms with van der Waals surface area (Å²) in [7, 11) is 0. The monoisotopic (exact) mass is 316 g/mol. The van der Waals surface area contributed by atoms with Crippen molar-refractivity contribution in [1.29, 1.82) is 0 Å². The van der Waals surface area contributed by atoms with Crippen LogP contribution < -0.4 is 5.56 Å². The van der Waals surface area contributed by atoms with E-state index < -0.39 is 5.56 Å². The highest BCUT2D eigenvalue weighted by molar-refractivity contribution is 5.97. The third-order valence-electron chi connectivity index (χ3n) is 3.84. The first-order chi connectivity index (χ1) is 11.7. The number of benzene rings is 2. The lowest BCUT2D eigenvalue weighted by Gasteiger charge is -2.04. The second-order valence-corrected chi connectivity index (χ2v) is 5.39. The molecule has 0 fully saturated rings. The molecule has 2 aromatic carbocycles. The normalized spacial score (nSPS) is 11.0. The van der Waals surface area contributed by atoms with Gasteiger partial charge in [0.1, 0.15) is 5.69 Å². The highest BCUT2D eigenvalue weighted by Crippen LogP contribution is 2.15. The van der Waals surface area contributed by atoms with Gasteiger partial charge in [0.05, 0.1) is 12.6 Å². The van der Waals surface area contributed by atoms with Crippen LogP contribution in [0, 0.1) is 0 Å². The summed E-state index contributed by atoms with van der Waals surface area (Å²) in [6.45, 7) is 0. The maximum absolute atomic E-state index is 12.6. The number of carbonyl (C=O) groups excluding carboxylic acids is 1. The number of carbonyl (C=O) groups is 1. The lowest BCUT2D eigenvalue weighted by molar-refractivity contribution is 0.0991. The van der Waals surface area contributed by atoms with Gasteiger partial charge in [0.2, 0.25) is 0 Å². The molecule has 0 unspecified atom stereocenters. The van der Waals surface area contributed by atoms with Crippen LogP contribution in [0.4, 0.5) is 0 Å². The number of hydrogen-bond donors (Lipinski definition) is 0. The second kappa shape index (κ2) is 5.66. The predicted molar refractivity (Wildman–Crippen MR) is 89.0 cm³/mol. The van der Waals surface area contributed by atoms with Gasteiger partial charge < -0.3 is 0 Å². The molecular weight excluding hydrogens is 304 g/mol. The Morgan fingerprint density at radius 3 is 2.54 bits per heavy atom. The number of ketones is 1. The van der Waals surface area contributed by atoms with E-state index in [9.17, 15) is 9.59 Å². The number of aromatic nitrogens is 4. The summed E-state index contributed by atoms with van der Waals surface area (Å²) in [4.78, 5) is 24.9. The van der Waals surface area contributed by atoms with Crippen LogP contribution in [0.2, 0.25) is 0 Å². The fourth-order valence-corrected chi connectivity index (χ4v) is 2.61. The summed E-state index contributed by atoms with van der Waals surface area (Å²) in [5, 5.41) is 13.9. The van der Waals surface area contributed by atoms with Crippen molar-refractivity contribution in [2.75, 3.05) is 0 Å². The molecule has 0 spiro atoms. The number of fused-ring (bicyclic) bond motifs is 3. The number of nitrogens with zero attached hydrogens (tertiary/aromatic N) is 4. The molecule has 0 aliphatic rings. The van der Waals surface area contributed by atoms with Gasteiger partial charge in [-0.25, -0.2) is 0 Å². The second-order valence-electron chi connectivity index (χ2n) is 5.39. The molecule has 6 nitrogen and oxygen atoms in total. The van der Waals surface area contributed by atoms with E-state index in [4.69, 9.17) is 0 Å². The van der Waals surface area contributed by atoms with E-state index in [0.717, 1.165) is 10.8 Å². The summed E-state index contributed by atoms with van der Waals surface area (Å²) in [6.07, 6.45) is 1.50. The van der Waals surface area contributed by atoms with Crippen LogP contribution in [0.15, 0.2) is 65.6 Å². The molecule has 4 aromatic rings. The van der Waals surface area contributed by atoms with E-state index in [1.54, 1.807) is 30.5 Å². The van der Waals surface area contributed by atoms with Gasteiger partial charge in [0.25, 0.3) is 5.56 Å². The van der Waals surface area contributed by atoms with Gasteiger partial charge in [-0.1, -0.05) is 54.6 Å². The lowest BCUT2D eigenvalue weighted by Crippen LogP contribution is -2.25. The SMILES string of the molecule is O=C(Cc1nnc2c3ccccc3cnn2c1=O)c1ccccc1. The van der Waals surface area contributed by atoms with Gasteiger partial charge in [-0.05, 0) is 0 Å². The van der Waals surface area contributed by atoms with Crippen LogP contribution in [-0.4, -0.2) is 25.6 Å². The van der Waals surface area contributed by atoms with E-state index in [1.807, 2.05) is 30.3 Å². The van der Waals surface area contributed by atoms with Crippen molar-refractivity contribution in [2.45, 2.75) is 6.42 Å². The van der Waals surface area contributed by atoms with Crippen LogP contribution in [-0.2, 0) is 6.42 Å². The molecule has 6 heteroatoms. The van der Waals surface area contributed by atoms with Gasteiger partial charge in [-0.2, -0.15) is 9.61 Å². The number of hydrogen-bond acceptors (Lipinski definition) is 5. The molecule has 0 saturated carbocycles. The van der Waals surface area contributed by atoms with Crippen molar-refractivity contribution in [1.82, 2.24) is 19.8 Å². The molecule has 0 amide bonds. The minimum absolute atomic E-state index is 0.0872. The van der Waals surface area contributed by atoms with Gasteiger partial charge in [0.15, 0.2) is 11.4 Å². The third-order valence-corrected chi connectivity index (χ3v) is 3.84. The topological polar surface area (TPSA) is 77.2 Å². The van der Waals surface area contributed by atoms with Crippen LogP contribution in [0.5, 0.6) is 0 Å². The molecule has 116 valence electrons. The molecule has 0 atom stereocenters. The molecule has 2 aromatic heterocycles. The first-order valence-corrected chi connectivity index (χ1v) is 7.44. The quantitative estimate of drug-likeness (QED) is 0.427. The molecule has 0 bridgehead atoms. The highest BCUT2D eigenvalue weighted by atomic mass is 16.1. The van der Waals surface area contributed by atoms with E-state index in [0.29, 0.717) is 11.2 Å². The minimum atomic E-state index is -0.421. The molecule has 2 heterocycles. The zero-order valence-electron chi connectivity index (χ0n) is 12.6. The first-order valence-electron chi connectivity index (χ1n) is 7.44. The van der Waals surface area contributed by atoms with Gasteiger partial charge in [0, 0.05) is 16.3 Å². The minimum Gasteiger partial charge on any atom is -0.294 e. The summed E-state index contributed by atoms with van der Waals surface area (Å²) in [5.74, 6) is -0.178. The van der Waals surface area contributed by atoms with Gasteiger partial charge in [-0.3, -0.25) is 9.59 Å². The van der Waals surface area contributed by atoms with Crippen LogP contribution in [0.1, 0.15) is 16.1 Å². The van der Waals surface area contributed by atoms with E-state index in [-0.39, 0.29) is 17.9 Å². The largest absolute Gasteiger partial charge is 0.296 e. The van der Waals surface area contributed by atoms with Crippen molar-refractivity contribution in [3.8, 4) is 0 Å². The van der Waals surface area contributed by atoms with Gasteiger partial charge >= 0.3 is 0 Å². The summed E-state index contributed by atoms with van der Waals surface area (Å²) >= 11 is 0. The Bertz CT molecular complexity index is 1120. The highest BCUT2D eigenvalue weighted by Gasteiger charge is 2.14. The zero-order chi connectivity index (χ0) is 16.5. The average Bonchev–Trinajstić information content (AvgIpc) is 2.64. The van der Waals surface area contributed by atoms with Crippen LogP contribution in [0.3, 0.4) is 0 Å². The maximum atomic E-state index is 12.6. The van der Waals surface area contributed by atoms with E-state index >= 15 is 0 Å². The van der Waals surface area contributed by atoms with Crippen LogP contribution in [0.25, 0.3) is 16.4 Å². The standard InChI is InChI=1S/C18H12N4O2/c23-16(12-6-2-1-3-7-12)10-15-18(24)22-17(21-20-15)14-9-5-4-8-13(14)11-19-22/h1-9,11H,10H2. The molecule has 4 rings (SSSR count). The summed E-state index contributed by atoms with van der Waals surface area (Å²) in [6, 6.07) is 16.3. The molecule has 0 aliphatic carbocycles. The lowest BCUT2D eigenvalue weighted by atomic mass is 10.1. The van der Waals surface area contributed by atoms with Crippen molar-refractivity contribution in [3.05, 3.63) is 82.4 Å². The first kappa shape index (κ1) is 14.2. The molecule has 24 heavy (non-hydrogen) atoms. The zero-order valence-corrected chi connectivity index (χ0v) is 12.6. The van der Waals surface area contributed by atoms with Crippen molar-refractivity contribution in [3.63, 3.8) is 0 Å². The Morgan fingerprint density at radius 1 is 0.958 bits per heavy atom. The van der Waals surface area contributed by atoms with Crippen LogP contribution >= 0.6 is 0 Å². The van der Waals surface area contributed by atoms with E-state index in [1.165, 1.54) is 4.52 Å². The van der Waals surface area contributed by atoms with Gasteiger partial charge in [-0.15, -0.1) is 10.2 Å². The van der Waals surface area contributed by atoms with Crippen molar-refractivity contribution >= 4 is 22.2 Å². The Morgan fingerprint density at radius 2 is 1.71 bits per heavy atom. The smallest absolute Gasteiger partial charge is 0.294 e. The number of Topliss-reactive ketones (excluding diaryl/α,β-unsaturated/α-hetero) is 1. The Kier molecular flexibility index (Phi) is 3.35. The summed E-state index contributed by atoms with van der Waals surface area (Å²) in [5.41, 5.74) is 0.587. The average molecular weight is 316 g/mol.